The van der Waals surface area contributed by atoms with Crippen LogP contribution in [-0.4, -0.2) is 50.7 Å². The van der Waals surface area contributed by atoms with E-state index in [2.05, 4.69) is 4.72 Å². The first kappa shape index (κ1) is 20.2. The third-order valence-corrected chi connectivity index (χ3v) is 7.69. The quantitative estimate of drug-likeness (QED) is 0.738. The Bertz CT molecular complexity index is 775. The van der Waals surface area contributed by atoms with Crippen LogP contribution in [0.2, 0.25) is 0 Å². The number of nitrogens with zero attached hydrogens (tertiary/aromatic N) is 1. The van der Waals surface area contributed by atoms with Crippen LogP contribution in [-0.2, 0) is 20.0 Å². The molecule has 1 fully saturated rings. The van der Waals surface area contributed by atoms with Gasteiger partial charge in [0.25, 0.3) is 0 Å². The first-order valence-electron chi connectivity index (χ1n) is 8.46. The summed E-state index contributed by atoms with van der Waals surface area (Å²) in [6.07, 6.45) is 1.70. The monoisotopic (exact) mass is 390 g/mol. The van der Waals surface area contributed by atoms with Crippen molar-refractivity contribution >= 4 is 25.7 Å². The van der Waals surface area contributed by atoms with E-state index in [1.54, 1.807) is 6.92 Å². The summed E-state index contributed by atoms with van der Waals surface area (Å²) in [5, 5.41) is 9.65. The Balaban J connectivity index is 2.13. The molecule has 1 aliphatic rings. The van der Waals surface area contributed by atoms with Crippen LogP contribution in [0.15, 0.2) is 29.2 Å². The molecular formula is C16H26N2O5S2. The van der Waals surface area contributed by atoms with Gasteiger partial charge in [0.1, 0.15) is 0 Å². The van der Waals surface area contributed by atoms with Crippen LogP contribution in [0.1, 0.15) is 39.5 Å². The van der Waals surface area contributed by atoms with Crippen LogP contribution >= 0.6 is 0 Å². The number of nitrogens with one attached hydrogen (secondary N) is 1. The van der Waals surface area contributed by atoms with Crippen LogP contribution in [0.3, 0.4) is 0 Å². The summed E-state index contributed by atoms with van der Waals surface area (Å²) in [5.74, 6) is 0.0389. The van der Waals surface area contributed by atoms with E-state index in [0.29, 0.717) is 24.9 Å². The molecule has 1 saturated heterocycles. The van der Waals surface area contributed by atoms with Gasteiger partial charge in [0, 0.05) is 18.3 Å². The smallest absolute Gasteiger partial charge is 0.243 e. The highest BCUT2D eigenvalue weighted by molar-refractivity contribution is 7.92. The van der Waals surface area contributed by atoms with Gasteiger partial charge in [-0.3, -0.25) is 4.72 Å². The van der Waals surface area contributed by atoms with Crippen molar-refractivity contribution in [3.63, 3.8) is 0 Å². The predicted molar refractivity (Wildman–Crippen MR) is 97.4 cm³/mol. The molecule has 25 heavy (non-hydrogen) atoms. The number of sulfonamides is 2. The Morgan fingerprint density at radius 1 is 1.20 bits per heavy atom. The van der Waals surface area contributed by atoms with Crippen molar-refractivity contribution in [1.29, 1.82) is 0 Å². The fourth-order valence-corrected chi connectivity index (χ4v) is 5.80. The highest BCUT2D eigenvalue weighted by Gasteiger charge is 2.33. The van der Waals surface area contributed by atoms with Gasteiger partial charge in [-0.05, 0) is 50.5 Å². The molecule has 7 nitrogen and oxygen atoms in total. The molecule has 0 bridgehead atoms. The predicted octanol–water partition coefficient (Wildman–Crippen LogP) is 1.76. The summed E-state index contributed by atoms with van der Waals surface area (Å²) in [6, 6.07) is 5.45. The van der Waals surface area contributed by atoms with E-state index in [1.165, 1.54) is 28.6 Å². The van der Waals surface area contributed by atoms with Crippen molar-refractivity contribution in [3.8, 4) is 0 Å². The van der Waals surface area contributed by atoms with Crippen molar-refractivity contribution in [2.45, 2.75) is 56.6 Å². The van der Waals surface area contributed by atoms with Gasteiger partial charge in [0.2, 0.25) is 20.0 Å². The lowest BCUT2D eigenvalue weighted by Crippen LogP contribution is -2.45. The van der Waals surface area contributed by atoms with Crippen molar-refractivity contribution in [2.24, 2.45) is 0 Å². The molecule has 142 valence electrons. The normalized spacial score (nSPS) is 22.7. The standard InChI is InChI=1S/C16H26N2O5S2/c1-3-4-11-24(20,21)17-14-5-7-16(8-6-14)25(22,23)18-10-9-15(19)12-13(18)2/h5-8,13,15,17,19H,3-4,9-12H2,1-2H3/t13-,15+/m0/s1. The zero-order valence-corrected chi connectivity index (χ0v) is 16.2. The molecule has 1 heterocycles. The zero-order valence-electron chi connectivity index (χ0n) is 14.6. The minimum Gasteiger partial charge on any atom is -0.393 e. The molecule has 0 spiro atoms. The summed E-state index contributed by atoms with van der Waals surface area (Å²) in [7, 11) is -7.08. The fourth-order valence-electron chi connectivity index (χ4n) is 2.88. The summed E-state index contributed by atoms with van der Waals surface area (Å²) in [4.78, 5) is 0.118. The second kappa shape index (κ2) is 8.03. The topological polar surface area (TPSA) is 104 Å². The van der Waals surface area contributed by atoms with Crippen LogP contribution in [0.5, 0.6) is 0 Å². The second-order valence-electron chi connectivity index (χ2n) is 6.44. The maximum Gasteiger partial charge on any atom is 0.243 e. The lowest BCUT2D eigenvalue weighted by Gasteiger charge is -2.34. The van der Waals surface area contributed by atoms with Gasteiger partial charge >= 0.3 is 0 Å². The number of anilines is 1. The minimum atomic E-state index is -3.66. The van der Waals surface area contributed by atoms with E-state index in [0.717, 1.165) is 6.42 Å². The number of aliphatic hydroxyl groups is 1. The summed E-state index contributed by atoms with van der Waals surface area (Å²) in [6.45, 7) is 3.96. The Morgan fingerprint density at radius 2 is 1.84 bits per heavy atom. The van der Waals surface area contributed by atoms with Crippen molar-refractivity contribution in [1.82, 2.24) is 4.31 Å². The number of hydrogen-bond acceptors (Lipinski definition) is 5. The molecule has 0 unspecified atom stereocenters. The number of hydrogen-bond donors (Lipinski definition) is 2. The van der Waals surface area contributed by atoms with Crippen molar-refractivity contribution in [3.05, 3.63) is 24.3 Å². The molecule has 1 aromatic carbocycles. The lowest BCUT2D eigenvalue weighted by atomic mass is 10.0. The number of piperidine rings is 1. The first-order valence-corrected chi connectivity index (χ1v) is 11.6. The van der Waals surface area contributed by atoms with Gasteiger partial charge in [-0.2, -0.15) is 4.31 Å². The molecule has 2 N–H and O–H groups in total. The van der Waals surface area contributed by atoms with Gasteiger partial charge in [0.05, 0.1) is 16.8 Å². The van der Waals surface area contributed by atoms with Crippen LogP contribution in [0.25, 0.3) is 0 Å². The molecule has 9 heteroatoms. The number of rotatable bonds is 7. The molecule has 2 rings (SSSR count). The SMILES string of the molecule is CCCCS(=O)(=O)Nc1ccc(S(=O)(=O)N2CC[C@@H](O)C[C@@H]2C)cc1. The Labute approximate surface area is 150 Å². The summed E-state index contributed by atoms with van der Waals surface area (Å²) in [5.41, 5.74) is 0.345. The van der Waals surface area contributed by atoms with E-state index in [4.69, 9.17) is 0 Å². The van der Waals surface area contributed by atoms with Gasteiger partial charge in [0.15, 0.2) is 0 Å². The molecule has 0 aromatic heterocycles. The third kappa shape index (κ3) is 5.16. The van der Waals surface area contributed by atoms with Gasteiger partial charge in [-0.1, -0.05) is 13.3 Å². The highest BCUT2D eigenvalue weighted by atomic mass is 32.2. The largest absolute Gasteiger partial charge is 0.393 e. The van der Waals surface area contributed by atoms with E-state index in [1.807, 2.05) is 6.92 Å². The molecule has 0 radical (unpaired) electrons. The number of unbranched alkanes of at least 4 members (excludes halogenated alkanes) is 1. The van der Waals surface area contributed by atoms with Crippen molar-refractivity contribution in [2.75, 3.05) is 17.0 Å². The van der Waals surface area contributed by atoms with Crippen LogP contribution in [0.4, 0.5) is 5.69 Å². The molecule has 2 atom stereocenters. The molecule has 1 aromatic rings. The summed E-state index contributed by atoms with van der Waals surface area (Å²) >= 11 is 0. The van der Waals surface area contributed by atoms with Crippen molar-refractivity contribution < 1.29 is 21.9 Å². The molecule has 0 saturated carbocycles. The van der Waals surface area contributed by atoms with Crippen LogP contribution < -0.4 is 4.72 Å². The molecular weight excluding hydrogens is 364 g/mol. The van der Waals surface area contributed by atoms with Gasteiger partial charge in [-0.15, -0.1) is 0 Å². The molecule has 1 aliphatic heterocycles. The maximum atomic E-state index is 12.7. The zero-order chi connectivity index (χ0) is 18.7. The average molecular weight is 391 g/mol. The highest BCUT2D eigenvalue weighted by Crippen LogP contribution is 2.26. The van der Waals surface area contributed by atoms with Gasteiger partial charge in [-0.25, -0.2) is 16.8 Å². The Hall–Kier alpha value is -1.16. The Morgan fingerprint density at radius 3 is 2.40 bits per heavy atom. The minimum absolute atomic E-state index is 0.0389. The maximum absolute atomic E-state index is 12.7. The van der Waals surface area contributed by atoms with E-state index < -0.39 is 26.2 Å². The first-order chi connectivity index (χ1) is 11.7. The van der Waals surface area contributed by atoms with Gasteiger partial charge < -0.3 is 5.11 Å². The van der Waals surface area contributed by atoms with E-state index >= 15 is 0 Å². The third-order valence-electron chi connectivity index (χ3n) is 4.29. The number of aliphatic hydroxyl groups excluding tert-OH is 1. The average Bonchev–Trinajstić information content (AvgIpc) is 2.53. The second-order valence-corrected chi connectivity index (χ2v) is 10.2. The van der Waals surface area contributed by atoms with E-state index in [9.17, 15) is 21.9 Å². The fraction of sp³-hybridized carbons (Fsp3) is 0.625. The Kier molecular flexibility index (Phi) is 6.47. The summed E-state index contributed by atoms with van der Waals surface area (Å²) < 4.78 is 53.1. The van der Waals surface area contributed by atoms with Crippen LogP contribution in [0, 0.1) is 0 Å². The molecule has 0 aliphatic carbocycles. The lowest BCUT2D eigenvalue weighted by molar-refractivity contribution is 0.0867. The molecule has 0 amide bonds. The van der Waals surface area contributed by atoms with E-state index in [-0.39, 0.29) is 23.2 Å². The number of benzene rings is 1.